The van der Waals surface area contributed by atoms with Gasteiger partial charge in [0.25, 0.3) is 0 Å². The van der Waals surface area contributed by atoms with Crippen molar-refractivity contribution < 1.29 is 28.6 Å². The van der Waals surface area contributed by atoms with Gasteiger partial charge in [-0.3, -0.25) is 14.4 Å². The predicted octanol–water partition coefficient (Wildman–Crippen LogP) is 18.6. The van der Waals surface area contributed by atoms with Crippen molar-refractivity contribution in [1.29, 1.82) is 0 Å². The van der Waals surface area contributed by atoms with E-state index in [1.807, 2.05) is 0 Å². The number of rotatable bonds is 48. The summed E-state index contributed by atoms with van der Waals surface area (Å²) in [7, 11) is 0. The van der Waals surface area contributed by atoms with E-state index in [9.17, 15) is 14.4 Å². The predicted molar refractivity (Wildman–Crippen MR) is 297 cm³/mol. The van der Waals surface area contributed by atoms with Crippen LogP contribution in [0.3, 0.4) is 0 Å². The summed E-state index contributed by atoms with van der Waals surface area (Å²) in [5.41, 5.74) is 0. The lowest BCUT2D eigenvalue weighted by Crippen LogP contribution is -2.30. The van der Waals surface area contributed by atoms with Crippen molar-refractivity contribution in [2.24, 2.45) is 0 Å². The van der Waals surface area contributed by atoms with Gasteiger partial charge in [-0.15, -0.1) is 0 Å². The highest BCUT2D eigenvalue weighted by atomic mass is 16.6. The fraction of sp³-hybridized carbons (Fsp3) is 0.603. The topological polar surface area (TPSA) is 78.9 Å². The van der Waals surface area contributed by atoms with Crippen LogP contribution in [0.2, 0.25) is 0 Å². The summed E-state index contributed by atoms with van der Waals surface area (Å²) in [6, 6.07) is 0. The Morgan fingerprint density at radius 1 is 0.304 bits per heavy atom. The van der Waals surface area contributed by atoms with Crippen LogP contribution >= 0.6 is 0 Å². The molecule has 0 rings (SSSR count). The number of carbonyl (C=O) groups is 3. The number of allylic oxidation sites excluding steroid dienone is 22. The Morgan fingerprint density at radius 2 is 0.565 bits per heavy atom. The molecular formula is C63H100O6. The highest BCUT2D eigenvalue weighted by Gasteiger charge is 2.19. The Balaban J connectivity index is 4.54. The summed E-state index contributed by atoms with van der Waals surface area (Å²) in [6.45, 7) is 6.31. The van der Waals surface area contributed by atoms with Crippen molar-refractivity contribution >= 4 is 17.9 Å². The molecule has 0 aliphatic heterocycles. The van der Waals surface area contributed by atoms with Crippen molar-refractivity contribution in [3.8, 4) is 0 Å². The van der Waals surface area contributed by atoms with Gasteiger partial charge in [-0.1, -0.05) is 206 Å². The SMILES string of the molecule is CC/C=C\C/C=C\C/C=C\C/C=C\C/C=C\CCCCCC(=O)OC[C@H](COC(=O)CCCCCC/C=C\C/C=C\C/C=C\CCCCC)OC(=O)CCCCCCC/C=C\C/C=C\C/C=C\CC. The molecule has 0 saturated carbocycles. The van der Waals surface area contributed by atoms with Crippen LogP contribution in [-0.4, -0.2) is 37.2 Å². The molecule has 6 heteroatoms. The van der Waals surface area contributed by atoms with Crippen molar-refractivity contribution in [1.82, 2.24) is 0 Å². The number of hydrogen-bond donors (Lipinski definition) is 0. The third-order valence-electron chi connectivity index (χ3n) is 11.1. The van der Waals surface area contributed by atoms with Gasteiger partial charge >= 0.3 is 17.9 Å². The number of esters is 3. The Labute approximate surface area is 424 Å². The van der Waals surface area contributed by atoms with Crippen LogP contribution in [0.5, 0.6) is 0 Å². The second-order valence-electron chi connectivity index (χ2n) is 17.7. The highest BCUT2D eigenvalue weighted by Crippen LogP contribution is 2.12. The van der Waals surface area contributed by atoms with Crippen LogP contribution in [0.4, 0.5) is 0 Å². The van der Waals surface area contributed by atoms with E-state index in [1.54, 1.807) is 0 Å². The van der Waals surface area contributed by atoms with Crippen LogP contribution in [0.1, 0.15) is 226 Å². The van der Waals surface area contributed by atoms with E-state index in [4.69, 9.17) is 14.2 Å². The average molecular weight is 953 g/mol. The molecule has 0 N–H and O–H groups in total. The normalized spacial score (nSPS) is 13.1. The maximum absolute atomic E-state index is 12.8. The van der Waals surface area contributed by atoms with E-state index in [0.29, 0.717) is 19.3 Å². The van der Waals surface area contributed by atoms with Crippen LogP contribution in [-0.2, 0) is 28.6 Å². The molecule has 0 aromatic carbocycles. The van der Waals surface area contributed by atoms with E-state index >= 15 is 0 Å². The fourth-order valence-corrected chi connectivity index (χ4v) is 7.02. The second-order valence-corrected chi connectivity index (χ2v) is 17.7. The van der Waals surface area contributed by atoms with Gasteiger partial charge in [-0.2, -0.15) is 0 Å². The molecule has 0 bridgehead atoms. The zero-order valence-corrected chi connectivity index (χ0v) is 44.3. The van der Waals surface area contributed by atoms with Gasteiger partial charge in [0.2, 0.25) is 0 Å². The Bertz CT molecular complexity index is 1510. The van der Waals surface area contributed by atoms with Crippen molar-refractivity contribution in [2.45, 2.75) is 232 Å². The minimum absolute atomic E-state index is 0.112. The minimum atomic E-state index is -0.816. The molecule has 388 valence electrons. The summed E-state index contributed by atoms with van der Waals surface area (Å²) >= 11 is 0. The molecule has 0 aromatic heterocycles. The van der Waals surface area contributed by atoms with Crippen molar-refractivity contribution in [2.75, 3.05) is 13.2 Å². The maximum Gasteiger partial charge on any atom is 0.306 e. The zero-order valence-electron chi connectivity index (χ0n) is 44.3. The van der Waals surface area contributed by atoms with Gasteiger partial charge in [0.15, 0.2) is 6.10 Å². The third kappa shape index (κ3) is 54.4. The number of carbonyl (C=O) groups excluding carboxylic acids is 3. The molecule has 1 atom stereocenters. The molecule has 0 unspecified atom stereocenters. The van der Waals surface area contributed by atoms with Crippen LogP contribution < -0.4 is 0 Å². The molecule has 6 nitrogen and oxygen atoms in total. The molecule has 69 heavy (non-hydrogen) atoms. The first-order valence-corrected chi connectivity index (χ1v) is 27.7. The molecule has 0 saturated heterocycles. The standard InChI is InChI=1S/C63H100O6/c1-4-7-10-13-16-19-22-25-28-30-31-33-36-38-41-44-47-50-53-56-62(65)68-59-60(69-63(66)57-54-51-48-45-42-39-34-27-24-21-18-15-12-9-6-3)58-67-61(64)55-52-49-46-43-40-37-35-32-29-26-23-20-17-14-11-8-5-2/h7,9-10,12,16-21,25-29,31,33-35,37-38,41,60H,4-6,8,11,13-15,22-24,30,32,36,39-40,42-59H2,1-3H3/b10-7-,12-9-,19-16-,20-17-,21-18-,28-25-,29-26-,33-31-,34-27-,37-35-,41-38-/t60-/m0/s1. The first-order chi connectivity index (χ1) is 34.0. The number of ether oxygens (including phenoxy) is 3. The first-order valence-electron chi connectivity index (χ1n) is 27.7. The highest BCUT2D eigenvalue weighted by molar-refractivity contribution is 5.71. The molecule has 0 radical (unpaired) electrons. The third-order valence-corrected chi connectivity index (χ3v) is 11.1. The molecular weight excluding hydrogens is 853 g/mol. The largest absolute Gasteiger partial charge is 0.462 e. The quantitative estimate of drug-likeness (QED) is 0.0262. The lowest BCUT2D eigenvalue weighted by atomic mass is 10.1. The van der Waals surface area contributed by atoms with Gasteiger partial charge < -0.3 is 14.2 Å². The summed E-state index contributed by atoms with van der Waals surface area (Å²) in [5.74, 6) is -0.988. The summed E-state index contributed by atoms with van der Waals surface area (Å²) < 4.78 is 16.8. The molecule has 0 amide bonds. The molecule has 0 aliphatic rings. The Hall–Kier alpha value is -4.45. The molecule has 0 fully saturated rings. The van der Waals surface area contributed by atoms with Gasteiger partial charge in [-0.05, 0) is 135 Å². The molecule has 0 aromatic rings. The van der Waals surface area contributed by atoms with Crippen LogP contribution in [0.25, 0.3) is 0 Å². The minimum Gasteiger partial charge on any atom is -0.462 e. The summed E-state index contributed by atoms with van der Waals surface area (Å²) in [5, 5.41) is 0. The lowest BCUT2D eigenvalue weighted by Gasteiger charge is -2.18. The summed E-state index contributed by atoms with van der Waals surface area (Å²) in [6.07, 6.45) is 78.6. The number of unbranched alkanes of at least 4 members (excludes halogenated alkanes) is 15. The van der Waals surface area contributed by atoms with Crippen LogP contribution in [0.15, 0.2) is 134 Å². The molecule has 0 spiro atoms. The van der Waals surface area contributed by atoms with Gasteiger partial charge in [-0.25, -0.2) is 0 Å². The van der Waals surface area contributed by atoms with E-state index in [-0.39, 0.29) is 31.1 Å². The second kappa shape index (κ2) is 56.1. The van der Waals surface area contributed by atoms with E-state index in [2.05, 4.69) is 154 Å². The lowest BCUT2D eigenvalue weighted by molar-refractivity contribution is -0.167. The van der Waals surface area contributed by atoms with E-state index in [0.717, 1.165) is 161 Å². The Kier molecular flexibility index (Phi) is 52.5. The van der Waals surface area contributed by atoms with E-state index < -0.39 is 6.10 Å². The van der Waals surface area contributed by atoms with E-state index in [1.165, 1.54) is 25.7 Å². The average Bonchev–Trinajstić information content (AvgIpc) is 3.35. The molecule has 0 aliphatic carbocycles. The molecule has 0 heterocycles. The summed E-state index contributed by atoms with van der Waals surface area (Å²) in [4.78, 5) is 38.1. The van der Waals surface area contributed by atoms with Gasteiger partial charge in [0, 0.05) is 19.3 Å². The fourth-order valence-electron chi connectivity index (χ4n) is 7.02. The number of hydrogen-bond acceptors (Lipinski definition) is 6. The van der Waals surface area contributed by atoms with Crippen molar-refractivity contribution in [3.63, 3.8) is 0 Å². The monoisotopic (exact) mass is 953 g/mol. The maximum atomic E-state index is 12.8. The van der Waals surface area contributed by atoms with Crippen molar-refractivity contribution in [3.05, 3.63) is 134 Å². The zero-order chi connectivity index (χ0) is 50.0. The van der Waals surface area contributed by atoms with Gasteiger partial charge in [0.1, 0.15) is 13.2 Å². The van der Waals surface area contributed by atoms with Gasteiger partial charge in [0.05, 0.1) is 0 Å². The van der Waals surface area contributed by atoms with Crippen LogP contribution in [0, 0.1) is 0 Å². The Morgan fingerprint density at radius 3 is 0.899 bits per heavy atom. The smallest absolute Gasteiger partial charge is 0.306 e. The first kappa shape index (κ1) is 64.5.